The van der Waals surface area contributed by atoms with Crippen molar-refractivity contribution in [2.24, 2.45) is 17.8 Å². The predicted octanol–water partition coefficient (Wildman–Crippen LogP) is 3.69. The van der Waals surface area contributed by atoms with E-state index in [4.69, 9.17) is 0 Å². The Morgan fingerprint density at radius 2 is 1.94 bits per heavy atom. The van der Waals surface area contributed by atoms with E-state index in [9.17, 15) is 0 Å². The Balaban J connectivity index is 1.91. The maximum absolute atomic E-state index is 2.83. The topological polar surface area (TPSA) is 3.24 Å². The molecule has 92 valence electrons. The van der Waals surface area contributed by atoms with Gasteiger partial charge in [0, 0.05) is 5.54 Å². The Hall–Kier alpha value is -0.0400. The highest BCUT2D eigenvalue weighted by molar-refractivity contribution is 5.09. The van der Waals surface area contributed by atoms with Gasteiger partial charge in [0.15, 0.2) is 0 Å². The first kappa shape index (κ1) is 11.1. The molecule has 0 radical (unpaired) electrons. The fourth-order valence-corrected chi connectivity index (χ4v) is 5.56. The first-order chi connectivity index (χ1) is 7.80. The molecule has 4 saturated carbocycles. The van der Waals surface area contributed by atoms with Gasteiger partial charge in [-0.25, -0.2) is 0 Å². The van der Waals surface area contributed by atoms with Crippen LogP contribution in [0, 0.1) is 17.8 Å². The quantitative estimate of drug-likeness (QED) is 0.702. The zero-order valence-corrected chi connectivity index (χ0v) is 11.0. The van der Waals surface area contributed by atoms with E-state index < -0.39 is 0 Å². The van der Waals surface area contributed by atoms with Crippen LogP contribution in [0.1, 0.15) is 58.8 Å². The fraction of sp³-hybridized carbons (Fsp3) is 1.00. The molecule has 4 bridgehead atoms. The van der Waals surface area contributed by atoms with Crippen molar-refractivity contribution >= 4 is 0 Å². The molecule has 0 N–H and O–H groups in total. The number of nitrogens with zero attached hydrogens (tertiary/aromatic N) is 1. The molecule has 0 aromatic carbocycles. The minimum Gasteiger partial charge on any atom is -0.298 e. The lowest BCUT2D eigenvalue weighted by Gasteiger charge is -2.62. The third-order valence-corrected chi connectivity index (χ3v) is 6.00. The molecule has 1 heteroatoms. The lowest BCUT2D eigenvalue weighted by Crippen LogP contribution is -2.63. The third kappa shape index (κ3) is 1.40. The second-order valence-corrected chi connectivity index (χ2v) is 6.42. The monoisotopic (exact) mass is 221 g/mol. The van der Waals surface area contributed by atoms with Gasteiger partial charge in [-0.15, -0.1) is 0 Å². The van der Waals surface area contributed by atoms with E-state index in [1.54, 1.807) is 25.7 Å². The van der Waals surface area contributed by atoms with Gasteiger partial charge in [0.05, 0.1) is 0 Å². The summed E-state index contributed by atoms with van der Waals surface area (Å²) in [5.74, 6) is 3.24. The summed E-state index contributed by atoms with van der Waals surface area (Å²) < 4.78 is 0. The minimum absolute atomic E-state index is 0.646. The average molecular weight is 221 g/mol. The van der Waals surface area contributed by atoms with Gasteiger partial charge in [-0.2, -0.15) is 0 Å². The zero-order chi connectivity index (χ0) is 11.2. The summed E-state index contributed by atoms with van der Waals surface area (Å²) in [6.07, 6.45) is 10.8. The Bertz CT molecular complexity index is 258. The molecule has 1 nitrogen and oxygen atoms in total. The van der Waals surface area contributed by atoms with Gasteiger partial charge in [-0.1, -0.05) is 33.1 Å². The van der Waals surface area contributed by atoms with E-state index in [2.05, 4.69) is 18.7 Å². The van der Waals surface area contributed by atoms with Crippen LogP contribution in [0.3, 0.4) is 0 Å². The van der Waals surface area contributed by atoms with Crippen LogP contribution in [-0.2, 0) is 0 Å². The van der Waals surface area contributed by atoms with Crippen LogP contribution in [0.4, 0.5) is 0 Å². The summed E-state index contributed by atoms with van der Waals surface area (Å²) >= 11 is 0. The van der Waals surface area contributed by atoms with Gasteiger partial charge in [0.1, 0.15) is 0 Å². The summed E-state index contributed by atoms with van der Waals surface area (Å²) in [7, 11) is 0. The molecule has 0 aromatic heterocycles. The van der Waals surface area contributed by atoms with Gasteiger partial charge < -0.3 is 0 Å². The van der Waals surface area contributed by atoms with Gasteiger partial charge >= 0.3 is 0 Å². The number of rotatable bonds is 3. The Morgan fingerprint density at radius 3 is 2.62 bits per heavy atom. The fourth-order valence-electron chi connectivity index (χ4n) is 5.56. The zero-order valence-electron chi connectivity index (χ0n) is 11.0. The smallest absolute Gasteiger partial charge is 0.0242 e. The third-order valence-electron chi connectivity index (χ3n) is 6.00. The second kappa shape index (κ2) is 4.01. The van der Waals surface area contributed by atoms with Crippen molar-refractivity contribution in [3.8, 4) is 0 Å². The van der Waals surface area contributed by atoms with Gasteiger partial charge in [-0.05, 0) is 56.5 Å². The van der Waals surface area contributed by atoms with Gasteiger partial charge in [0.2, 0.25) is 0 Å². The number of fused-ring (bicyclic) bond motifs is 1. The molecule has 4 rings (SSSR count). The maximum Gasteiger partial charge on any atom is 0.0242 e. The summed E-state index contributed by atoms with van der Waals surface area (Å²) in [4.78, 5) is 2.83. The van der Waals surface area contributed by atoms with Crippen LogP contribution in [0.5, 0.6) is 0 Å². The van der Waals surface area contributed by atoms with Crippen LogP contribution in [-0.4, -0.2) is 23.5 Å². The molecule has 0 saturated heterocycles. The van der Waals surface area contributed by atoms with E-state index in [-0.39, 0.29) is 0 Å². The van der Waals surface area contributed by atoms with E-state index in [1.165, 1.54) is 32.4 Å². The lowest BCUT2D eigenvalue weighted by atomic mass is 9.50. The normalized spacial score (nSPS) is 46.3. The van der Waals surface area contributed by atoms with Crippen LogP contribution < -0.4 is 0 Å². The molecule has 0 heterocycles. The summed E-state index contributed by atoms with van der Waals surface area (Å²) in [6.45, 7) is 7.27. The van der Waals surface area contributed by atoms with Crippen molar-refractivity contribution in [3.05, 3.63) is 0 Å². The highest BCUT2D eigenvalue weighted by Gasteiger charge is 2.55. The predicted molar refractivity (Wildman–Crippen MR) is 68.4 cm³/mol. The van der Waals surface area contributed by atoms with Crippen molar-refractivity contribution in [2.45, 2.75) is 64.3 Å². The molecule has 0 aromatic rings. The molecule has 4 fully saturated rings. The van der Waals surface area contributed by atoms with E-state index >= 15 is 0 Å². The summed E-state index contributed by atoms with van der Waals surface area (Å²) in [6, 6.07) is 0. The molecule has 4 atom stereocenters. The van der Waals surface area contributed by atoms with Crippen molar-refractivity contribution in [1.82, 2.24) is 4.90 Å². The molecule has 16 heavy (non-hydrogen) atoms. The Morgan fingerprint density at radius 1 is 1.12 bits per heavy atom. The molecule has 0 spiro atoms. The standard InChI is InChI=1S/C15H27N/c1-3-16(4-2)15-9-5-6-13-10-12(11-15)7-8-14(13)15/h12-14H,3-11H2,1-2H3/t12-,13-,14-,15+/m1/s1. The van der Waals surface area contributed by atoms with Gasteiger partial charge in [-0.3, -0.25) is 4.90 Å². The molecule has 4 aliphatic carbocycles. The first-order valence-corrected chi connectivity index (χ1v) is 7.55. The number of hydrogen-bond acceptors (Lipinski definition) is 1. The van der Waals surface area contributed by atoms with Crippen molar-refractivity contribution in [3.63, 3.8) is 0 Å². The molecule has 4 aliphatic rings. The van der Waals surface area contributed by atoms with Crippen LogP contribution in [0.15, 0.2) is 0 Å². The molecule has 0 aliphatic heterocycles. The SMILES string of the molecule is CCN(CC)[C@]12CCC[C@@H]3C[C@@H](CC[C@H]31)C2. The second-order valence-electron chi connectivity index (χ2n) is 6.42. The Labute approximate surface area is 101 Å². The molecule has 0 amide bonds. The minimum atomic E-state index is 0.646. The highest BCUT2D eigenvalue weighted by Crippen LogP contribution is 2.58. The van der Waals surface area contributed by atoms with Gasteiger partial charge in [0.25, 0.3) is 0 Å². The maximum atomic E-state index is 2.83. The van der Waals surface area contributed by atoms with Crippen LogP contribution in [0.2, 0.25) is 0 Å². The van der Waals surface area contributed by atoms with Crippen molar-refractivity contribution < 1.29 is 0 Å². The van der Waals surface area contributed by atoms with E-state index in [1.807, 2.05) is 0 Å². The Kier molecular flexibility index (Phi) is 2.78. The lowest BCUT2D eigenvalue weighted by molar-refractivity contribution is -0.111. The molecular weight excluding hydrogens is 194 g/mol. The number of hydrogen-bond donors (Lipinski definition) is 0. The molecular formula is C15H27N. The van der Waals surface area contributed by atoms with E-state index in [0.29, 0.717) is 5.54 Å². The average Bonchev–Trinajstić information content (AvgIpc) is 2.30. The van der Waals surface area contributed by atoms with Crippen LogP contribution >= 0.6 is 0 Å². The van der Waals surface area contributed by atoms with Crippen LogP contribution in [0.25, 0.3) is 0 Å². The van der Waals surface area contributed by atoms with Crippen molar-refractivity contribution in [2.75, 3.05) is 13.1 Å². The first-order valence-electron chi connectivity index (χ1n) is 7.55. The molecule has 0 unspecified atom stereocenters. The summed E-state index contributed by atoms with van der Waals surface area (Å²) in [5.41, 5.74) is 0.646. The largest absolute Gasteiger partial charge is 0.298 e. The summed E-state index contributed by atoms with van der Waals surface area (Å²) in [5, 5.41) is 0. The van der Waals surface area contributed by atoms with Crippen molar-refractivity contribution in [1.29, 1.82) is 0 Å². The van der Waals surface area contributed by atoms with E-state index in [0.717, 1.165) is 17.8 Å². The highest BCUT2D eigenvalue weighted by atomic mass is 15.2.